The first-order chi connectivity index (χ1) is 10.3. The van der Waals surface area contributed by atoms with Crippen LogP contribution < -0.4 is 0 Å². The van der Waals surface area contributed by atoms with Crippen molar-refractivity contribution in [2.45, 2.75) is 92.0 Å². The molecule has 0 aliphatic heterocycles. The van der Waals surface area contributed by atoms with Gasteiger partial charge in [0.05, 0.1) is 18.3 Å². The van der Waals surface area contributed by atoms with Gasteiger partial charge >= 0.3 is 0 Å². The molecule has 0 spiro atoms. The van der Waals surface area contributed by atoms with Gasteiger partial charge < -0.3 is 9.47 Å². The lowest BCUT2D eigenvalue weighted by molar-refractivity contribution is -0.111. The minimum atomic E-state index is 0.182. The summed E-state index contributed by atoms with van der Waals surface area (Å²) in [5, 5.41) is 0. The van der Waals surface area contributed by atoms with Crippen molar-refractivity contribution in [2.75, 3.05) is 7.11 Å². The van der Waals surface area contributed by atoms with Crippen LogP contribution in [-0.2, 0) is 9.47 Å². The Kier molecular flexibility index (Phi) is 7.61. The highest BCUT2D eigenvalue weighted by Gasteiger charge is 2.42. The molecule has 0 saturated heterocycles. The van der Waals surface area contributed by atoms with Gasteiger partial charge in [0, 0.05) is 7.11 Å². The van der Waals surface area contributed by atoms with Gasteiger partial charge in [0.1, 0.15) is 0 Å². The van der Waals surface area contributed by atoms with E-state index in [1.54, 1.807) is 0 Å². The van der Waals surface area contributed by atoms with E-state index in [-0.39, 0.29) is 23.7 Å². The summed E-state index contributed by atoms with van der Waals surface area (Å²) < 4.78 is 12.2. The second kappa shape index (κ2) is 8.49. The molecule has 2 heteroatoms. The number of hydrogen-bond acceptors (Lipinski definition) is 2. The van der Waals surface area contributed by atoms with Crippen LogP contribution in [0.2, 0.25) is 0 Å². The third kappa shape index (κ3) is 4.35. The average molecular weight is 311 g/mol. The molecule has 0 aromatic heterocycles. The maximum atomic E-state index is 6.31. The molecule has 0 aromatic carbocycles. The third-order valence-corrected chi connectivity index (χ3v) is 6.04. The summed E-state index contributed by atoms with van der Waals surface area (Å²) >= 11 is 0. The van der Waals surface area contributed by atoms with Crippen LogP contribution in [0.3, 0.4) is 0 Å². The SMILES string of the molecule is C=C1CCC(C[C@@H](OC(C)C)[C@H](OC)C(C)CC)[C@]1(C)CC. The number of hydrogen-bond donors (Lipinski definition) is 0. The van der Waals surface area contributed by atoms with Crippen LogP contribution in [-0.4, -0.2) is 25.4 Å². The molecule has 0 aromatic rings. The molecule has 1 aliphatic carbocycles. The van der Waals surface area contributed by atoms with Crippen LogP contribution in [0.15, 0.2) is 12.2 Å². The minimum absolute atomic E-state index is 0.182. The fourth-order valence-corrected chi connectivity index (χ4v) is 4.04. The smallest absolute Gasteiger partial charge is 0.0858 e. The molecule has 2 nitrogen and oxygen atoms in total. The van der Waals surface area contributed by atoms with Crippen LogP contribution in [0, 0.1) is 17.3 Å². The van der Waals surface area contributed by atoms with Gasteiger partial charge in [-0.2, -0.15) is 0 Å². The van der Waals surface area contributed by atoms with E-state index in [1.807, 2.05) is 7.11 Å². The molecule has 1 fully saturated rings. The van der Waals surface area contributed by atoms with Crippen molar-refractivity contribution in [2.24, 2.45) is 17.3 Å². The zero-order valence-corrected chi connectivity index (χ0v) is 15.9. The fourth-order valence-electron chi connectivity index (χ4n) is 4.04. The van der Waals surface area contributed by atoms with Gasteiger partial charge in [-0.1, -0.05) is 46.3 Å². The van der Waals surface area contributed by atoms with Crippen molar-refractivity contribution in [3.05, 3.63) is 12.2 Å². The third-order valence-electron chi connectivity index (χ3n) is 6.04. The molecule has 0 amide bonds. The summed E-state index contributed by atoms with van der Waals surface area (Å²) in [7, 11) is 1.83. The Labute approximate surface area is 138 Å². The molecule has 0 radical (unpaired) electrons. The van der Waals surface area contributed by atoms with E-state index >= 15 is 0 Å². The van der Waals surface area contributed by atoms with Gasteiger partial charge in [0.25, 0.3) is 0 Å². The largest absolute Gasteiger partial charge is 0.378 e. The Morgan fingerprint density at radius 1 is 1.27 bits per heavy atom. The second-order valence-corrected chi connectivity index (χ2v) is 7.66. The molecule has 0 N–H and O–H groups in total. The maximum Gasteiger partial charge on any atom is 0.0858 e. The Morgan fingerprint density at radius 3 is 2.36 bits per heavy atom. The van der Waals surface area contributed by atoms with Crippen molar-refractivity contribution in [1.29, 1.82) is 0 Å². The van der Waals surface area contributed by atoms with E-state index < -0.39 is 0 Å². The number of methoxy groups -OCH3 is 1. The summed E-state index contributed by atoms with van der Waals surface area (Å²) in [6.07, 6.45) is 6.41. The van der Waals surface area contributed by atoms with Crippen LogP contribution in [0.25, 0.3) is 0 Å². The van der Waals surface area contributed by atoms with E-state index in [9.17, 15) is 0 Å². The fraction of sp³-hybridized carbons (Fsp3) is 0.900. The predicted molar refractivity (Wildman–Crippen MR) is 95.1 cm³/mol. The molecular weight excluding hydrogens is 272 g/mol. The Morgan fingerprint density at radius 2 is 1.91 bits per heavy atom. The van der Waals surface area contributed by atoms with Crippen LogP contribution in [0.4, 0.5) is 0 Å². The van der Waals surface area contributed by atoms with Gasteiger partial charge in [-0.25, -0.2) is 0 Å². The Balaban J connectivity index is 2.91. The second-order valence-electron chi connectivity index (χ2n) is 7.66. The predicted octanol–water partition coefficient (Wildman–Crippen LogP) is 5.61. The number of ether oxygens (including phenoxy) is 2. The molecule has 0 bridgehead atoms. The van der Waals surface area contributed by atoms with Gasteiger partial charge in [0.15, 0.2) is 0 Å². The summed E-state index contributed by atoms with van der Waals surface area (Å²) in [6, 6.07) is 0. The lowest BCUT2D eigenvalue weighted by Crippen LogP contribution is -2.40. The normalized spacial score (nSPS) is 29.8. The van der Waals surface area contributed by atoms with E-state index in [1.165, 1.54) is 24.8 Å². The lowest BCUT2D eigenvalue weighted by Gasteiger charge is -2.38. The monoisotopic (exact) mass is 310 g/mol. The average Bonchev–Trinajstić information content (AvgIpc) is 2.75. The maximum absolute atomic E-state index is 6.31. The van der Waals surface area contributed by atoms with Crippen molar-refractivity contribution in [3.63, 3.8) is 0 Å². The number of rotatable bonds is 9. The summed E-state index contributed by atoms with van der Waals surface area (Å²) in [5.74, 6) is 1.18. The summed E-state index contributed by atoms with van der Waals surface area (Å²) in [4.78, 5) is 0. The zero-order chi connectivity index (χ0) is 16.9. The van der Waals surface area contributed by atoms with E-state index in [4.69, 9.17) is 9.47 Å². The molecule has 5 atom stereocenters. The molecule has 1 rings (SSSR count). The molecule has 1 aliphatic rings. The van der Waals surface area contributed by atoms with E-state index in [2.05, 4.69) is 48.1 Å². The van der Waals surface area contributed by atoms with Crippen molar-refractivity contribution in [3.8, 4) is 0 Å². The standard InChI is InChI=1S/C20H38O2/c1-9-15(5)19(21-8)18(22-14(3)4)13-17-12-11-16(6)20(17,7)10-2/h14-15,17-19H,6,9-13H2,1-5,7-8H3/t15?,17?,18-,19-,20-/m1/s1. The molecule has 22 heavy (non-hydrogen) atoms. The molecule has 0 heterocycles. The Bertz CT molecular complexity index is 350. The highest BCUT2D eigenvalue weighted by molar-refractivity contribution is 5.16. The van der Waals surface area contributed by atoms with Crippen molar-refractivity contribution in [1.82, 2.24) is 0 Å². The lowest BCUT2D eigenvalue weighted by atomic mass is 9.72. The molecule has 2 unspecified atom stereocenters. The van der Waals surface area contributed by atoms with Crippen LogP contribution >= 0.6 is 0 Å². The van der Waals surface area contributed by atoms with Gasteiger partial charge in [-0.15, -0.1) is 0 Å². The van der Waals surface area contributed by atoms with Crippen molar-refractivity contribution < 1.29 is 9.47 Å². The highest BCUT2D eigenvalue weighted by atomic mass is 16.5. The minimum Gasteiger partial charge on any atom is -0.378 e. The van der Waals surface area contributed by atoms with E-state index in [0.29, 0.717) is 11.8 Å². The Hall–Kier alpha value is -0.340. The van der Waals surface area contributed by atoms with Gasteiger partial charge in [-0.3, -0.25) is 0 Å². The first-order valence-electron chi connectivity index (χ1n) is 9.16. The quantitative estimate of drug-likeness (QED) is 0.515. The summed E-state index contributed by atoms with van der Waals surface area (Å²) in [6.45, 7) is 17.8. The molecule has 130 valence electrons. The van der Waals surface area contributed by atoms with Gasteiger partial charge in [0.2, 0.25) is 0 Å². The van der Waals surface area contributed by atoms with Crippen LogP contribution in [0.1, 0.15) is 73.6 Å². The topological polar surface area (TPSA) is 18.5 Å². The van der Waals surface area contributed by atoms with Gasteiger partial charge in [-0.05, 0) is 56.8 Å². The number of allylic oxidation sites excluding steroid dienone is 1. The van der Waals surface area contributed by atoms with Crippen LogP contribution in [0.5, 0.6) is 0 Å². The highest BCUT2D eigenvalue weighted by Crippen LogP contribution is 2.51. The summed E-state index contributed by atoms with van der Waals surface area (Å²) in [5.41, 5.74) is 1.70. The van der Waals surface area contributed by atoms with E-state index in [0.717, 1.165) is 12.8 Å². The molecule has 1 saturated carbocycles. The first kappa shape index (κ1) is 19.7. The first-order valence-corrected chi connectivity index (χ1v) is 9.16. The van der Waals surface area contributed by atoms with Crippen molar-refractivity contribution >= 4 is 0 Å². The zero-order valence-electron chi connectivity index (χ0n) is 15.9. The molecular formula is C20H38O2.